The van der Waals surface area contributed by atoms with Crippen molar-refractivity contribution in [3.63, 3.8) is 0 Å². The van der Waals surface area contributed by atoms with Crippen LogP contribution in [0.3, 0.4) is 0 Å². The fourth-order valence-electron chi connectivity index (χ4n) is 3.56. The van der Waals surface area contributed by atoms with E-state index < -0.39 is 5.82 Å². The molecule has 9 heteroatoms. The number of halogens is 1. The zero-order chi connectivity index (χ0) is 25.5. The molecule has 3 aromatic heterocycles. The third-order valence-electron chi connectivity index (χ3n) is 5.40. The lowest BCUT2D eigenvalue weighted by molar-refractivity contribution is 0.402. The van der Waals surface area contributed by atoms with Crippen LogP contribution in [-0.4, -0.2) is 31.3 Å². The fraction of sp³-hybridized carbons (Fsp3) is 0.0357. The van der Waals surface area contributed by atoms with Gasteiger partial charge in [-0.3, -0.25) is 9.97 Å². The van der Waals surface area contributed by atoms with Crippen LogP contribution in [0.15, 0.2) is 108 Å². The number of rotatable bonds is 7. The number of hydrazone groups is 1. The van der Waals surface area contributed by atoms with Crippen LogP contribution in [0.1, 0.15) is 17.7 Å². The van der Waals surface area contributed by atoms with Crippen LogP contribution in [0.4, 0.5) is 21.7 Å². The van der Waals surface area contributed by atoms with Crippen LogP contribution in [-0.2, 0) is 0 Å². The number of pyridine rings is 2. The lowest BCUT2D eigenvalue weighted by Gasteiger charge is -2.08. The highest BCUT2D eigenvalue weighted by Crippen LogP contribution is 2.24. The lowest BCUT2D eigenvalue weighted by Crippen LogP contribution is -2.01. The molecule has 37 heavy (non-hydrogen) atoms. The highest BCUT2D eigenvalue weighted by molar-refractivity contribution is 5.79. The van der Waals surface area contributed by atoms with E-state index in [-0.39, 0.29) is 11.6 Å². The van der Waals surface area contributed by atoms with Crippen molar-refractivity contribution in [1.82, 2.24) is 19.9 Å². The molecule has 3 heterocycles. The zero-order valence-corrected chi connectivity index (χ0v) is 19.6. The van der Waals surface area contributed by atoms with Crippen molar-refractivity contribution in [2.75, 3.05) is 10.7 Å². The molecule has 4 aromatic rings. The number of aliphatic hydroxyl groups excluding tert-OH is 1. The van der Waals surface area contributed by atoms with Crippen LogP contribution < -0.4 is 10.7 Å². The Labute approximate surface area is 212 Å². The monoisotopic (exact) mass is 491 g/mol. The van der Waals surface area contributed by atoms with Crippen molar-refractivity contribution < 1.29 is 9.50 Å². The number of anilines is 3. The summed E-state index contributed by atoms with van der Waals surface area (Å²) in [6, 6.07) is 16.9. The van der Waals surface area contributed by atoms with E-state index in [1.807, 2.05) is 54.6 Å². The first kappa shape index (κ1) is 23.6. The molecule has 5 rings (SSSR count). The maximum Gasteiger partial charge on any atom is 0.244 e. The molecular weight excluding hydrogens is 469 g/mol. The predicted molar refractivity (Wildman–Crippen MR) is 143 cm³/mol. The summed E-state index contributed by atoms with van der Waals surface area (Å²) in [7, 11) is 0. The Morgan fingerprint density at radius 1 is 0.946 bits per heavy atom. The molecular formula is C28H22FN7O. The summed E-state index contributed by atoms with van der Waals surface area (Å²) in [5.74, 6) is -0.0772. The number of aliphatic hydroxyl groups is 1. The van der Waals surface area contributed by atoms with Crippen molar-refractivity contribution in [1.29, 1.82) is 0 Å². The molecule has 0 saturated carbocycles. The van der Waals surface area contributed by atoms with E-state index in [1.54, 1.807) is 36.7 Å². The van der Waals surface area contributed by atoms with Gasteiger partial charge >= 0.3 is 0 Å². The van der Waals surface area contributed by atoms with Gasteiger partial charge in [0.05, 0.1) is 41.4 Å². The van der Waals surface area contributed by atoms with Gasteiger partial charge in [0, 0.05) is 18.3 Å². The molecule has 0 atom stereocenters. The standard InChI is InChI=1S/C28H22FN7O/c29-25-18-32-28(35-27(25)26-6-1-2-15-30-26)36-33-17-22-12-13-23(16-31-22)34-21-10-7-20(8-11-21)19-4-3-5-24(37)14-9-19/h1-13,15-18,34,37H,14H2,(H,32,35,36)/b33-17+. The van der Waals surface area contributed by atoms with Crippen LogP contribution >= 0.6 is 0 Å². The maximum atomic E-state index is 14.1. The minimum absolute atomic E-state index is 0.0913. The lowest BCUT2D eigenvalue weighted by atomic mass is 10.0. The topological polar surface area (TPSA) is 108 Å². The summed E-state index contributed by atoms with van der Waals surface area (Å²) in [4.78, 5) is 16.6. The normalized spacial score (nSPS) is 13.1. The van der Waals surface area contributed by atoms with E-state index in [2.05, 4.69) is 35.8 Å². The van der Waals surface area contributed by atoms with Gasteiger partial charge in [-0.15, -0.1) is 0 Å². The third kappa shape index (κ3) is 6.09. The second-order valence-electron chi connectivity index (χ2n) is 8.03. The first-order valence-corrected chi connectivity index (χ1v) is 11.5. The van der Waals surface area contributed by atoms with E-state index in [1.165, 1.54) is 6.21 Å². The van der Waals surface area contributed by atoms with Crippen molar-refractivity contribution in [2.24, 2.45) is 5.10 Å². The molecule has 0 unspecified atom stereocenters. The van der Waals surface area contributed by atoms with E-state index in [0.29, 0.717) is 23.6 Å². The van der Waals surface area contributed by atoms with Gasteiger partial charge in [0.2, 0.25) is 5.95 Å². The van der Waals surface area contributed by atoms with E-state index in [9.17, 15) is 9.50 Å². The molecule has 0 radical (unpaired) electrons. The molecule has 1 aliphatic carbocycles. The quantitative estimate of drug-likeness (QED) is 0.213. The Kier molecular flexibility index (Phi) is 7.03. The molecule has 1 aromatic carbocycles. The van der Waals surface area contributed by atoms with Crippen LogP contribution in [0.2, 0.25) is 0 Å². The van der Waals surface area contributed by atoms with Gasteiger partial charge in [0.1, 0.15) is 5.69 Å². The fourth-order valence-corrected chi connectivity index (χ4v) is 3.56. The van der Waals surface area contributed by atoms with Crippen molar-refractivity contribution in [3.05, 3.63) is 120 Å². The van der Waals surface area contributed by atoms with E-state index >= 15 is 0 Å². The third-order valence-corrected chi connectivity index (χ3v) is 5.40. The Hall–Kier alpha value is -5.18. The van der Waals surface area contributed by atoms with Gasteiger partial charge in [-0.05, 0) is 53.6 Å². The molecule has 0 amide bonds. The minimum Gasteiger partial charge on any atom is -0.512 e. The van der Waals surface area contributed by atoms with Gasteiger partial charge in [-0.1, -0.05) is 36.4 Å². The van der Waals surface area contributed by atoms with Crippen molar-refractivity contribution >= 4 is 29.1 Å². The van der Waals surface area contributed by atoms with Crippen LogP contribution in [0.25, 0.3) is 17.0 Å². The number of nitrogens with zero attached hydrogens (tertiary/aromatic N) is 5. The highest BCUT2D eigenvalue weighted by Gasteiger charge is 2.10. The number of allylic oxidation sites excluding steroid dienone is 5. The summed E-state index contributed by atoms with van der Waals surface area (Å²) < 4.78 is 14.1. The second kappa shape index (κ2) is 11.0. The van der Waals surface area contributed by atoms with Gasteiger partial charge in [-0.25, -0.2) is 19.8 Å². The number of hydrogen-bond acceptors (Lipinski definition) is 8. The minimum atomic E-state index is -0.566. The summed E-state index contributed by atoms with van der Waals surface area (Å²) in [5, 5.41) is 17.1. The highest BCUT2D eigenvalue weighted by atomic mass is 19.1. The molecule has 0 aliphatic heterocycles. The SMILES string of the molecule is OC1=CC=CC(c2ccc(Nc3ccc(/C=N/Nc4ncc(F)c(-c5ccccn5)n4)nc3)cc2)=CC1. The number of aromatic nitrogens is 4. The van der Waals surface area contributed by atoms with Gasteiger partial charge in [0.25, 0.3) is 0 Å². The summed E-state index contributed by atoms with van der Waals surface area (Å²) in [6.07, 6.45) is 13.9. The summed E-state index contributed by atoms with van der Waals surface area (Å²) in [6.45, 7) is 0. The molecule has 0 bridgehead atoms. The Bertz CT molecular complexity index is 1500. The Morgan fingerprint density at radius 3 is 2.59 bits per heavy atom. The average molecular weight is 492 g/mol. The molecule has 1 aliphatic rings. The van der Waals surface area contributed by atoms with Gasteiger partial charge < -0.3 is 10.4 Å². The first-order chi connectivity index (χ1) is 18.1. The summed E-state index contributed by atoms with van der Waals surface area (Å²) >= 11 is 0. The van der Waals surface area contributed by atoms with E-state index in [4.69, 9.17) is 0 Å². The van der Waals surface area contributed by atoms with Crippen LogP contribution in [0.5, 0.6) is 0 Å². The maximum absolute atomic E-state index is 14.1. The summed E-state index contributed by atoms with van der Waals surface area (Å²) in [5.41, 5.74) is 7.68. The number of nitrogens with one attached hydrogen (secondary N) is 2. The number of hydrogen-bond donors (Lipinski definition) is 3. The molecule has 0 spiro atoms. The van der Waals surface area contributed by atoms with E-state index in [0.717, 1.165) is 28.7 Å². The number of benzene rings is 1. The smallest absolute Gasteiger partial charge is 0.244 e. The largest absolute Gasteiger partial charge is 0.512 e. The average Bonchev–Trinajstić information content (AvgIpc) is 3.16. The van der Waals surface area contributed by atoms with Gasteiger partial charge in [-0.2, -0.15) is 5.10 Å². The first-order valence-electron chi connectivity index (χ1n) is 11.5. The Balaban J connectivity index is 1.19. The van der Waals surface area contributed by atoms with Crippen molar-refractivity contribution in [3.8, 4) is 11.4 Å². The molecule has 182 valence electrons. The molecule has 0 fully saturated rings. The Morgan fingerprint density at radius 2 is 1.81 bits per heavy atom. The molecule has 3 N–H and O–H groups in total. The predicted octanol–water partition coefficient (Wildman–Crippen LogP) is 6.05. The van der Waals surface area contributed by atoms with Crippen molar-refractivity contribution in [2.45, 2.75) is 6.42 Å². The zero-order valence-electron chi connectivity index (χ0n) is 19.6. The van der Waals surface area contributed by atoms with Crippen LogP contribution in [0, 0.1) is 5.82 Å². The molecule has 0 saturated heterocycles. The second-order valence-corrected chi connectivity index (χ2v) is 8.03. The van der Waals surface area contributed by atoms with Gasteiger partial charge in [0.15, 0.2) is 5.82 Å². The molecule has 8 nitrogen and oxygen atoms in total.